The van der Waals surface area contributed by atoms with Gasteiger partial charge in [-0.2, -0.15) is 5.10 Å². The molecule has 0 atom stereocenters. The fourth-order valence-corrected chi connectivity index (χ4v) is 2.65. The number of rotatable bonds is 5. The van der Waals surface area contributed by atoms with Gasteiger partial charge in [0.25, 0.3) is 0 Å². The van der Waals surface area contributed by atoms with Gasteiger partial charge in [-0.3, -0.25) is 5.10 Å². The fraction of sp³-hybridized carbons (Fsp3) is 0.333. The van der Waals surface area contributed by atoms with Crippen LogP contribution in [0.3, 0.4) is 0 Å². The maximum Gasteiger partial charge on any atom is 0.137 e. The third kappa shape index (κ3) is 2.32. The molecule has 2 aromatic heterocycles. The van der Waals surface area contributed by atoms with Crippen molar-refractivity contribution in [2.45, 2.75) is 19.9 Å². The molecule has 3 aromatic rings. The zero-order valence-corrected chi connectivity index (χ0v) is 11.8. The summed E-state index contributed by atoms with van der Waals surface area (Å²) in [4.78, 5) is 4.12. The van der Waals surface area contributed by atoms with E-state index in [1.165, 1.54) is 22.2 Å². The molecule has 20 heavy (non-hydrogen) atoms. The van der Waals surface area contributed by atoms with Gasteiger partial charge in [-0.1, -0.05) is 18.2 Å². The minimum atomic E-state index is 0.864. The zero-order chi connectivity index (χ0) is 13.9. The number of nitrogens with one attached hydrogen (secondary N) is 2. The van der Waals surface area contributed by atoms with Crippen LogP contribution in [0.4, 0.5) is 0 Å². The van der Waals surface area contributed by atoms with Crippen LogP contribution in [0.25, 0.3) is 10.9 Å². The molecular formula is C15H19N5. The molecule has 0 bridgehead atoms. The van der Waals surface area contributed by atoms with E-state index in [2.05, 4.69) is 63.3 Å². The topological polar surface area (TPSA) is 58.5 Å². The van der Waals surface area contributed by atoms with Crippen molar-refractivity contribution in [1.82, 2.24) is 25.1 Å². The second-order valence-electron chi connectivity index (χ2n) is 5.01. The molecule has 2 N–H and O–H groups in total. The van der Waals surface area contributed by atoms with E-state index < -0.39 is 0 Å². The van der Waals surface area contributed by atoms with Crippen molar-refractivity contribution in [3.63, 3.8) is 0 Å². The first kappa shape index (κ1) is 12.9. The number of para-hydroxylation sites is 1. The Morgan fingerprint density at radius 1 is 1.30 bits per heavy atom. The molecule has 0 amide bonds. The van der Waals surface area contributed by atoms with Crippen LogP contribution in [-0.4, -0.2) is 26.3 Å². The summed E-state index contributed by atoms with van der Waals surface area (Å²) in [6, 6.07) is 8.53. The highest BCUT2D eigenvalue weighted by Gasteiger charge is 2.10. The summed E-state index contributed by atoms with van der Waals surface area (Å²) in [6.07, 6.45) is 2.41. The van der Waals surface area contributed by atoms with Gasteiger partial charge in [-0.05, 0) is 18.6 Å². The van der Waals surface area contributed by atoms with Crippen LogP contribution in [0.1, 0.15) is 17.1 Å². The van der Waals surface area contributed by atoms with Crippen molar-refractivity contribution in [3.05, 3.63) is 47.7 Å². The number of H-pyrrole nitrogens is 1. The average molecular weight is 269 g/mol. The van der Waals surface area contributed by atoms with Crippen molar-refractivity contribution in [3.8, 4) is 0 Å². The molecule has 0 spiro atoms. The van der Waals surface area contributed by atoms with Gasteiger partial charge in [0, 0.05) is 43.2 Å². The van der Waals surface area contributed by atoms with Gasteiger partial charge < -0.3 is 9.88 Å². The van der Waals surface area contributed by atoms with Crippen LogP contribution in [0, 0.1) is 6.92 Å². The Morgan fingerprint density at radius 2 is 2.15 bits per heavy atom. The molecule has 0 unspecified atom stereocenters. The van der Waals surface area contributed by atoms with E-state index in [1.54, 1.807) is 6.33 Å². The van der Waals surface area contributed by atoms with Crippen LogP contribution >= 0.6 is 0 Å². The minimum absolute atomic E-state index is 0.864. The van der Waals surface area contributed by atoms with E-state index >= 15 is 0 Å². The van der Waals surface area contributed by atoms with Gasteiger partial charge in [0.2, 0.25) is 0 Å². The molecule has 1 aromatic carbocycles. The smallest absolute Gasteiger partial charge is 0.137 e. The Morgan fingerprint density at radius 3 is 2.90 bits per heavy atom. The number of aromatic nitrogens is 4. The molecule has 0 saturated heterocycles. The lowest BCUT2D eigenvalue weighted by atomic mass is 10.1. The molecule has 5 nitrogen and oxygen atoms in total. The SMILES string of the molecule is Cc1c(CNCCc2ncn[nH]2)n(C)c2ccccc12. The van der Waals surface area contributed by atoms with Gasteiger partial charge in [0.15, 0.2) is 0 Å². The highest BCUT2D eigenvalue weighted by Crippen LogP contribution is 2.24. The minimum Gasteiger partial charge on any atom is -0.346 e. The number of benzene rings is 1. The zero-order valence-electron chi connectivity index (χ0n) is 11.8. The van der Waals surface area contributed by atoms with Crippen molar-refractivity contribution < 1.29 is 0 Å². The molecule has 0 aliphatic rings. The first-order chi connectivity index (χ1) is 9.77. The number of aryl methyl sites for hydroxylation is 2. The van der Waals surface area contributed by atoms with Crippen molar-refractivity contribution in [2.24, 2.45) is 7.05 Å². The summed E-state index contributed by atoms with van der Waals surface area (Å²) in [5.41, 5.74) is 3.98. The van der Waals surface area contributed by atoms with E-state index in [0.29, 0.717) is 0 Å². The molecule has 5 heteroatoms. The van der Waals surface area contributed by atoms with E-state index in [4.69, 9.17) is 0 Å². The standard InChI is InChI=1S/C15H19N5/c1-11-12-5-3-4-6-13(12)20(2)14(11)9-16-8-7-15-17-10-18-19-15/h3-6,10,16H,7-9H2,1-2H3,(H,17,18,19). The number of nitrogens with zero attached hydrogens (tertiary/aromatic N) is 3. The molecule has 0 radical (unpaired) electrons. The summed E-state index contributed by atoms with van der Waals surface area (Å²) in [5, 5.41) is 11.5. The Kier molecular flexibility index (Phi) is 3.52. The summed E-state index contributed by atoms with van der Waals surface area (Å²) < 4.78 is 2.27. The lowest BCUT2D eigenvalue weighted by molar-refractivity contribution is 0.643. The van der Waals surface area contributed by atoms with Gasteiger partial charge in [-0.25, -0.2) is 4.98 Å². The van der Waals surface area contributed by atoms with E-state index in [0.717, 1.165) is 25.3 Å². The summed E-state index contributed by atoms with van der Waals surface area (Å²) in [6.45, 7) is 3.94. The molecule has 0 aliphatic heterocycles. The molecule has 3 rings (SSSR count). The Labute approximate surface area is 118 Å². The lowest BCUT2D eigenvalue weighted by Gasteiger charge is -2.07. The van der Waals surface area contributed by atoms with E-state index in [9.17, 15) is 0 Å². The molecule has 0 saturated carbocycles. The monoisotopic (exact) mass is 269 g/mol. The number of hydrogen-bond acceptors (Lipinski definition) is 3. The fourth-order valence-electron chi connectivity index (χ4n) is 2.65. The van der Waals surface area contributed by atoms with Crippen LogP contribution in [0.5, 0.6) is 0 Å². The molecule has 2 heterocycles. The number of fused-ring (bicyclic) bond motifs is 1. The predicted octanol–water partition coefficient (Wildman–Crippen LogP) is 1.94. The summed E-state index contributed by atoms with van der Waals surface area (Å²) in [7, 11) is 2.13. The highest BCUT2D eigenvalue weighted by atomic mass is 15.2. The van der Waals surface area contributed by atoms with Crippen LogP contribution in [0.15, 0.2) is 30.6 Å². The Bertz CT molecular complexity index is 657. The Balaban J connectivity index is 1.68. The van der Waals surface area contributed by atoms with Gasteiger partial charge >= 0.3 is 0 Å². The normalized spacial score (nSPS) is 11.3. The third-order valence-corrected chi connectivity index (χ3v) is 3.80. The van der Waals surface area contributed by atoms with Crippen molar-refractivity contribution >= 4 is 10.9 Å². The maximum atomic E-state index is 4.12. The lowest BCUT2D eigenvalue weighted by Crippen LogP contribution is -2.19. The summed E-state index contributed by atoms with van der Waals surface area (Å²) >= 11 is 0. The maximum absolute atomic E-state index is 4.12. The third-order valence-electron chi connectivity index (χ3n) is 3.80. The predicted molar refractivity (Wildman–Crippen MR) is 79.4 cm³/mol. The quantitative estimate of drug-likeness (QED) is 0.696. The highest BCUT2D eigenvalue weighted by molar-refractivity contribution is 5.85. The second kappa shape index (κ2) is 5.46. The Hall–Kier alpha value is -2.14. The van der Waals surface area contributed by atoms with Crippen molar-refractivity contribution in [2.75, 3.05) is 6.54 Å². The van der Waals surface area contributed by atoms with E-state index in [-0.39, 0.29) is 0 Å². The number of hydrogen-bond donors (Lipinski definition) is 2. The van der Waals surface area contributed by atoms with Crippen LogP contribution in [-0.2, 0) is 20.0 Å². The second-order valence-corrected chi connectivity index (χ2v) is 5.01. The van der Waals surface area contributed by atoms with Gasteiger partial charge in [-0.15, -0.1) is 0 Å². The van der Waals surface area contributed by atoms with Gasteiger partial charge in [0.1, 0.15) is 12.2 Å². The largest absolute Gasteiger partial charge is 0.346 e. The average Bonchev–Trinajstić information content (AvgIpc) is 3.06. The van der Waals surface area contributed by atoms with Gasteiger partial charge in [0.05, 0.1) is 0 Å². The number of aromatic amines is 1. The molecule has 0 fully saturated rings. The first-order valence-corrected chi connectivity index (χ1v) is 6.85. The van der Waals surface area contributed by atoms with Crippen LogP contribution in [0.2, 0.25) is 0 Å². The van der Waals surface area contributed by atoms with E-state index in [1.807, 2.05) is 0 Å². The van der Waals surface area contributed by atoms with Crippen molar-refractivity contribution in [1.29, 1.82) is 0 Å². The molecular weight excluding hydrogens is 250 g/mol. The molecule has 0 aliphatic carbocycles. The van der Waals surface area contributed by atoms with Crippen LogP contribution < -0.4 is 5.32 Å². The molecule has 104 valence electrons. The summed E-state index contributed by atoms with van der Waals surface area (Å²) in [5.74, 6) is 0.922. The first-order valence-electron chi connectivity index (χ1n) is 6.85.